The Kier molecular flexibility index (Phi) is 3.43. The number of carbonyl (C=O) groups is 2. The molecule has 1 heterocycles. The molecular formula is C15H12ClNO4. The van der Waals surface area contributed by atoms with Crippen molar-refractivity contribution in [2.75, 3.05) is 0 Å². The molecule has 5 nitrogen and oxygen atoms in total. The fourth-order valence-electron chi connectivity index (χ4n) is 2.27. The van der Waals surface area contributed by atoms with Gasteiger partial charge in [-0.25, -0.2) is 4.79 Å². The maximum absolute atomic E-state index is 12.0. The van der Waals surface area contributed by atoms with Crippen LogP contribution in [0.5, 0.6) is 0 Å². The molecule has 2 aromatic rings. The molecule has 1 fully saturated rings. The Bertz CT molecular complexity index is 709. The van der Waals surface area contributed by atoms with Gasteiger partial charge in [-0.15, -0.1) is 0 Å². The molecule has 1 aliphatic rings. The van der Waals surface area contributed by atoms with Crippen LogP contribution in [0.1, 0.15) is 39.0 Å². The molecule has 108 valence electrons. The van der Waals surface area contributed by atoms with Crippen molar-refractivity contribution < 1.29 is 19.1 Å². The Labute approximate surface area is 125 Å². The lowest BCUT2D eigenvalue weighted by molar-refractivity contribution is 0.0659. The van der Waals surface area contributed by atoms with Crippen LogP contribution in [0.4, 0.5) is 0 Å². The van der Waals surface area contributed by atoms with Crippen molar-refractivity contribution in [3.63, 3.8) is 0 Å². The van der Waals surface area contributed by atoms with Crippen LogP contribution < -0.4 is 5.32 Å². The van der Waals surface area contributed by atoms with Gasteiger partial charge in [-0.05, 0) is 36.2 Å². The first-order valence-electron chi connectivity index (χ1n) is 6.44. The van der Waals surface area contributed by atoms with Gasteiger partial charge in [0.05, 0.1) is 0 Å². The van der Waals surface area contributed by atoms with E-state index in [1.807, 2.05) is 18.2 Å². The molecule has 0 radical (unpaired) electrons. The van der Waals surface area contributed by atoms with Gasteiger partial charge in [0.1, 0.15) is 0 Å². The third kappa shape index (κ3) is 2.92. The summed E-state index contributed by atoms with van der Waals surface area (Å²) in [5, 5.41) is 12.2. The molecule has 6 heteroatoms. The van der Waals surface area contributed by atoms with Crippen molar-refractivity contribution in [2.45, 2.75) is 18.4 Å². The van der Waals surface area contributed by atoms with E-state index in [-0.39, 0.29) is 23.5 Å². The van der Waals surface area contributed by atoms with Gasteiger partial charge < -0.3 is 14.8 Å². The molecule has 1 aromatic heterocycles. The number of carbonyl (C=O) groups excluding carboxylic acids is 1. The van der Waals surface area contributed by atoms with E-state index in [2.05, 4.69) is 5.32 Å². The summed E-state index contributed by atoms with van der Waals surface area (Å²) in [6.45, 7) is 0. The summed E-state index contributed by atoms with van der Waals surface area (Å²) >= 11 is 5.94. The highest BCUT2D eigenvalue weighted by Gasteiger charge is 2.40. The summed E-state index contributed by atoms with van der Waals surface area (Å²) in [6.07, 6.45) is 0.832. The molecule has 0 saturated heterocycles. The topological polar surface area (TPSA) is 79.5 Å². The van der Waals surface area contributed by atoms with Crippen LogP contribution in [-0.4, -0.2) is 23.0 Å². The SMILES string of the molecule is O=C(O)c1ccc(C(=O)N[C@@H]2C[C@@H]2c2cccc(Cl)c2)o1. The van der Waals surface area contributed by atoms with Gasteiger partial charge in [-0.1, -0.05) is 23.7 Å². The second kappa shape index (κ2) is 5.26. The molecule has 0 bridgehead atoms. The molecule has 1 saturated carbocycles. The molecule has 1 aromatic carbocycles. The number of aromatic carboxylic acids is 1. The Morgan fingerprint density at radius 2 is 2.00 bits per heavy atom. The normalized spacial score (nSPS) is 20.0. The monoisotopic (exact) mass is 305 g/mol. The molecule has 3 rings (SSSR count). The van der Waals surface area contributed by atoms with Gasteiger partial charge in [-0.2, -0.15) is 0 Å². The number of benzene rings is 1. The maximum atomic E-state index is 12.0. The quantitative estimate of drug-likeness (QED) is 0.910. The average Bonchev–Trinajstić information content (AvgIpc) is 3.01. The molecule has 0 spiro atoms. The van der Waals surface area contributed by atoms with Crippen molar-refractivity contribution in [2.24, 2.45) is 0 Å². The lowest BCUT2D eigenvalue weighted by Crippen LogP contribution is -2.26. The zero-order chi connectivity index (χ0) is 15.0. The first-order valence-corrected chi connectivity index (χ1v) is 6.82. The van der Waals surface area contributed by atoms with Gasteiger partial charge in [0.25, 0.3) is 5.91 Å². The number of furan rings is 1. The zero-order valence-corrected chi connectivity index (χ0v) is 11.6. The average molecular weight is 306 g/mol. The van der Waals surface area contributed by atoms with E-state index < -0.39 is 11.9 Å². The fraction of sp³-hybridized carbons (Fsp3) is 0.200. The summed E-state index contributed by atoms with van der Waals surface area (Å²) in [6, 6.07) is 10.2. The van der Waals surface area contributed by atoms with Crippen LogP contribution >= 0.6 is 11.6 Å². The number of hydrogen-bond donors (Lipinski definition) is 2. The first kappa shape index (κ1) is 13.7. The summed E-state index contributed by atoms with van der Waals surface area (Å²) in [5.41, 5.74) is 1.08. The summed E-state index contributed by atoms with van der Waals surface area (Å²) < 4.78 is 4.96. The summed E-state index contributed by atoms with van der Waals surface area (Å²) in [4.78, 5) is 22.7. The van der Waals surface area contributed by atoms with E-state index in [9.17, 15) is 9.59 Å². The third-order valence-corrected chi connectivity index (χ3v) is 3.66. The minimum absolute atomic E-state index is 0.00384. The summed E-state index contributed by atoms with van der Waals surface area (Å²) in [5.74, 6) is -1.61. The Balaban J connectivity index is 1.63. The standard InChI is InChI=1S/C15H12ClNO4/c16-9-3-1-2-8(6-9)10-7-11(10)17-14(18)12-4-5-13(21-12)15(19)20/h1-6,10-11H,7H2,(H,17,18)(H,19,20)/t10-,11-/m1/s1. The van der Waals surface area contributed by atoms with Crippen LogP contribution in [0.3, 0.4) is 0 Å². The minimum atomic E-state index is -1.20. The van der Waals surface area contributed by atoms with Gasteiger partial charge >= 0.3 is 5.97 Å². The van der Waals surface area contributed by atoms with Crippen molar-refractivity contribution in [3.05, 3.63) is 58.5 Å². The largest absolute Gasteiger partial charge is 0.475 e. The highest BCUT2D eigenvalue weighted by atomic mass is 35.5. The molecule has 21 heavy (non-hydrogen) atoms. The van der Waals surface area contributed by atoms with E-state index in [1.165, 1.54) is 12.1 Å². The molecular weight excluding hydrogens is 294 g/mol. The molecule has 0 unspecified atom stereocenters. The molecule has 2 atom stereocenters. The highest BCUT2D eigenvalue weighted by Crippen LogP contribution is 2.41. The van der Waals surface area contributed by atoms with Crippen LogP contribution in [0.2, 0.25) is 5.02 Å². The van der Waals surface area contributed by atoms with Gasteiger partial charge in [-0.3, -0.25) is 4.79 Å². The molecule has 1 aliphatic carbocycles. The number of carboxylic acids is 1. The van der Waals surface area contributed by atoms with Gasteiger partial charge in [0.15, 0.2) is 5.76 Å². The molecule has 0 aliphatic heterocycles. The lowest BCUT2D eigenvalue weighted by atomic mass is 10.1. The second-order valence-corrected chi connectivity index (χ2v) is 5.38. The number of carboxylic acid groups (broad SMARTS) is 1. The van der Waals surface area contributed by atoms with Crippen molar-refractivity contribution >= 4 is 23.5 Å². The second-order valence-electron chi connectivity index (χ2n) is 4.95. The molecule has 1 amide bonds. The van der Waals surface area contributed by atoms with Crippen molar-refractivity contribution in [3.8, 4) is 0 Å². The molecule has 2 N–H and O–H groups in total. The highest BCUT2D eigenvalue weighted by molar-refractivity contribution is 6.30. The maximum Gasteiger partial charge on any atom is 0.371 e. The smallest absolute Gasteiger partial charge is 0.371 e. The minimum Gasteiger partial charge on any atom is -0.475 e. The first-order chi connectivity index (χ1) is 10.0. The van der Waals surface area contributed by atoms with E-state index in [4.69, 9.17) is 21.1 Å². The number of amides is 1. The third-order valence-electron chi connectivity index (χ3n) is 3.42. The van der Waals surface area contributed by atoms with Crippen molar-refractivity contribution in [1.82, 2.24) is 5.32 Å². The number of rotatable bonds is 4. The zero-order valence-electron chi connectivity index (χ0n) is 10.9. The Morgan fingerprint density at radius 1 is 1.24 bits per heavy atom. The Morgan fingerprint density at radius 3 is 2.67 bits per heavy atom. The predicted octanol–water partition coefficient (Wildman–Crippen LogP) is 2.92. The lowest BCUT2D eigenvalue weighted by Gasteiger charge is -2.03. The number of hydrogen-bond acceptors (Lipinski definition) is 3. The van der Waals surface area contributed by atoms with E-state index >= 15 is 0 Å². The predicted molar refractivity (Wildman–Crippen MR) is 75.7 cm³/mol. The Hall–Kier alpha value is -2.27. The van der Waals surface area contributed by atoms with E-state index in [0.29, 0.717) is 5.02 Å². The summed E-state index contributed by atoms with van der Waals surface area (Å²) in [7, 11) is 0. The number of halogens is 1. The van der Waals surface area contributed by atoms with Crippen LogP contribution in [0, 0.1) is 0 Å². The van der Waals surface area contributed by atoms with E-state index in [0.717, 1.165) is 12.0 Å². The van der Waals surface area contributed by atoms with Gasteiger partial charge in [0, 0.05) is 17.0 Å². The van der Waals surface area contributed by atoms with Crippen LogP contribution in [0.15, 0.2) is 40.8 Å². The van der Waals surface area contributed by atoms with E-state index in [1.54, 1.807) is 6.07 Å². The van der Waals surface area contributed by atoms with Crippen LogP contribution in [0.25, 0.3) is 0 Å². The van der Waals surface area contributed by atoms with Gasteiger partial charge in [0.2, 0.25) is 5.76 Å². The van der Waals surface area contributed by atoms with Crippen LogP contribution in [-0.2, 0) is 0 Å². The van der Waals surface area contributed by atoms with Crippen molar-refractivity contribution in [1.29, 1.82) is 0 Å². The number of nitrogens with one attached hydrogen (secondary N) is 1. The fourth-order valence-corrected chi connectivity index (χ4v) is 2.47.